The van der Waals surface area contributed by atoms with Crippen molar-refractivity contribution in [3.05, 3.63) is 261 Å². The Hall–Kier alpha value is -9.44. The summed E-state index contributed by atoms with van der Waals surface area (Å²) < 4.78 is 2.44. The van der Waals surface area contributed by atoms with Gasteiger partial charge in [0.05, 0.1) is 22.4 Å². The number of nitrogens with zero attached hydrogens (tertiary/aromatic N) is 3. The summed E-state index contributed by atoms with van der Waals surface area (Å²) in [7, 11) is 0. The molecule has 14 rings (SSSR count). The average Bonchev–Trinajstić information content (AvgIpc) is 3.79. The second-order valence-electron chi connectivity index (χ2n) is 18.5. The van der Waals surface area contributed by atoms with Crippen molar-refractivity contribution < 1.29 is 0 Å². The SMILES string of the molecule is c1ccc(-c2ccc(-c3cc(-c4cccc(-c5ccc6c(c5)c5ccccc5c5cccc(-c7ccc8c9ccccc9n(-c9ccc%10ccccc%10c9)c8c7)c56)c4)nc(-c4ccccc4)n3)cc2)cc1. The minimum atomic E-state index is 0.699. The Labute approximate surface area is 411 Å². The molecule has 3 heteroatoms. The van der Waals surface area contributed by atoms with E-state index in [1.807, 2.05) is 18.2 Å². The molecule has 0 bridgehead atoms. The zero-order chi connectivity index (χ0) is 46.8. The first-order valence-corrected chi connectivity index (χ1v) is 24.3. The van der Waals surface area contributed by atoms with Gasteiger partial charge in [0.1, 0.15) is 0 Å². The summed E-state index contributed by atoms with van der Waals surface area (Å²) in [5.74, 6) is 0.699. The van der Waals surface area contributed by atoms with E-state index >= 15 is 0 Å². The van der Waals surface area contributed by atoms with Crippen molar-refractivity contribution in [2.75, 3.05) is 0 Å². The normalized spacial score (nSPS) is 11.7. The van der Waals surface area contributed by atoms with E-state index in [9.17, 15) is 0 Å². The summed E-state index contributed by atoms with van der Waals surface area (Å²) in [5.41, 5.74) is 15.4. The zero-order valence-electron chi connectivity index (χ0n) is 38.7. The fourth-order valence-electron chi connectivity index (χ4n) is 10.9. The number of hydrogen-bond donors (Lipinski definition) is 0. The third kappa shape index (κ3) is 6.97. The lowest BCUT2D eigenvalue weighted by Gasteiger charge is -2.16. The molecular formula is C68H43N3. The van der Waals surface area contributed by atoms with Gasteiger partial charge in [0, 0.05) is 33.2 Å². The van der Waals surface area contributed by atoms with E-state index < -0.39 is 0 Å². The zero-order valence-corrected chi connectivity index (χ0v) is 38.7. The van der Waals surface area contributed by atoms with Gasteiger partial charge in [-0.05, 0) is 119 Å². The van der Waals surface area contributed by atoms with Gasteiger partial charge >= 0.3 is 0 Å². The monoisotopic (exact) mass is 901 g/mol. The van der Waals surface area contributed by atoms with Gasteiger partial charge in [-0.1, -0.05) is 218 Å². The van der Waals surface area contributed by atoms with Crippen LogP contribution in [0.15, 0.2) is 261 Å². The Bertz CT molecular complexity index is 4380. The highest BCUT2D eigenvalue weighted by Crippen LogP contribution is 2.44. The van der Waals surface area contributed by atoms with Crippen LogP contribution in [0, 0.1) is 0 Å². The molecule has 14 aromatic rings. The molecule has 0 fully saturated rings. The van der Waals surface area contributed by atoms with Crippen LogP contribution in [-0.4, -0.2) is 14.5 Å². The molecule has 2 aromatic heterocycles. The Kier molecular flexibility index (Phi) is 9.53. The fraction of sp³-hybridized carbons (Fsp3) is 0. The lowest BCUT2D eigenvalue weighted by atomic mass is 9.88. The Morgan fingerprint density at radius 2 is 0.789 bits per heavy atom. The minimum absolute atomic E-state index is 0.699. The molecule has 0 unspecified atom stereocenters. The lowest BCUT2D eigenvalue weighted by Crippen LogP contribution is -1.96. The lowest BCUT2D eigenvalue weighted by molar-refractivity contribution is 1.18. The van der Waals surface area contributed by atoms with Crippen molar-refractivity contribution in [2.24, 2.45) is 0 Å². The molecule has 0 aliphatic rings. The Morgan fingerprint density at radius 1 is 0.254 bits per heavy atom. The summed E-state index contributed by atoms with van der Waals surface area (Å²) in [4.78, 5) is 10.4. The molecule has 0 atom stereocenters. The molecule has 2 heterocycles. The van der Waals surface area contributed by atoms with Gasteiger partial charge in [0.2, 0.25) is 0 Å². The number of hydrogen-bond acceptors (Lipinski definition) is 2. The van der Waals surface area contributed by atoms with Gasteiger partial charge in [0.25, 0.3) is 0 Å². The van der Waals surface area contributed by atoms with Crippen molar-refractivity contribution in [2.45, 2.75) is 0 Å². The number of fused-ring (bicyclic) bond motifs is 10. The van der Waals surface area contributed by atoms with Gasteiger partial charge in [-0.2, -0.15) is 0 Å². The molecule has 0 N–H and O–H groups in total. The topological polar surface area (TPSA) is 30.7 Å². The molecule has 0 saturated carbocycles. The predicted molar refractivity (Wildman–Crippen MR) is 299 cm³/mol. The molecule has 3 nitrogen and oxygen atoms in total. The molecule has 0 saturated heterocycles. The van der Waals surface area contributed by atoms with Gasteiger partial charge < -0.3 is 4.57 Å². The van der Waals surface area contributed by atoms with Gasteiger partial charge in [-0.25, -0.2) is 9.97 Å². The summed E-state index contributed by atoms with van der Waals surface area (Å²) >= 11 is 0. The summed E-state index contributed by atoms with van der Waals surface area (Å²) in [6.07, 6.45) is 0. The van der Waals surface area contributed by atoms with E-state index in [-0.39, 0.29) is 0 Å². The van der Waals surface area contributed by atoms with Crippen LogP contribution in [0.3, 0.4) is 0 Å². The first kappa shape index (κ1) is 40.6. The number of aromatic nitrogens is 3. The maximum atomic E-state index is 5.22. The third-order valence-corrected chi connectivity index (χ3v) is 14.4. The molecule has 0 aliphatic carbocycles. The molecule has 0 aliphatic heterocycles. The van der Waals surface area contributed by atoms with Crippen molar-refractivity contribution in [1.82, 2.24) is 14.5 Å². The first-order valence-electron chi connectivity index (χ1n) is 24.3. The van der Waals surface area contributed by atoms with Gasteiger partial charge in [0.15, 0.2) is 5.82 Å². The fourth-order valence-corrected chi connectivity index (χ4v) is 10.9. The van der Waals surface area contributed by atoms with E-state index in [2.05, 4.69) is 247 Å². The molecule has 330 valence electrons. The van der Waals surface area contributed by atoms with Crippen LogP contribution in [0.25, 0.3) is 138 Å². The van der Waals surface area contributed by atoms with Crippen LogP contribution in [0.2, 0.25) is 0 Å². The molecular weight excluding hydrogens is 859 g/mol. The average molecular weight is 902 g/mol. The maximum absolute atomic E-state index is 5.22. The quantitative estimate of drug-likeness (QED) is 0.149. The van der Waals surface area contributed by atoms with E-state index in [0.717, 1.165) is 44.9 Å². The standard InChI is InChI=1S/C68H43N3/c1-3-15-44(16-4-1)46-29-31-47(32-30-46)63-43-64(70-68(69-63)48-18-5-2-6-19-48)53-22-13-21-49(39-53)51-34-38-61-62(41-51)57-24-10-9-23-56(57)60-27-14-26-55(67(60)61)52-35-37-59-58-25-11-12-28-65(58)71(66(59)42-52)54-36-33-45-17-7-8-20-50(45)40-54/h1-43H. The van der Waals surface area contributed by atoms with Crippen molar-refractivity contribution in [3.8, 4) is 73.0 Å². The van der Waals surface area contributed by atoms with Gasteiger partial charge in [-0.15, -0.1) is 0 Å². The highest BCUT2D eigenvalue weighted by molar-refractivity contribution is 6.29. The van der Waals surface area contributed by atoms with Crippen molar-refractivity contribution in [3.63, 3.8) is 0 Å². The van der Waals surface area contributed by atoms with Crippen LogP contribution in [0.1, 0.15) is 0 Å². The molecule has 12 aromatic carbocycles. The third-order valence-electron chi connectivity index (χ3n) is 14.4. The molecule has 0 spiro atoms. The van der Waals surface area contributed by atoms with Gasteiger partial charge in [-0.3, -0.25) is 0 Å². The van der Waals surface area contributed by atoms with Crippen molar-refractivity contribution in [1.29, 1.82) is 0 Å². The van der Waals surface area contributed by atoms with Crippen LogP contribution in [-0.2, 0) is 0 Å². The Morgan fingerprint density at radius 3 is 1.61 bits per heavy atom. The maximum Gasteiger partial charge on any atom is 0.160 e. The van der Waals surface area contributed by atoms with E-state index in [1.54, 1.807) is 0 Å². The van der Waals surface area contributed by atoms with Crippen LogP contribution >= 0.6 is 0 Å². The number of para-hydroxylation sites is 1. The van der Waals surface area contributed by atoms with E-state index in [1.165, 1.54) is 87.1 Å². The van der Waals surface area contributed by atoms with E-state index in [4.69, 9.17) is 9.97 Å². The summed E-state index contributed by atoms with van der Waals surface area (Å²) in [5, 5.41) is 12.4. The second kappa shape index (κ2) is 16.7. The van der Waals surface area contributed by atoms with E-state index in [0.29, 0.717) is 5.82 Å². The smallest absolute Gasteiger partial charge is 0.160 e. The number of rotatable bonds is 7. The molecule has 71 heavy (non-hydrogen) atoms. The molecule has 0 radical (unpaired) electrons. The highest BCUT2D eigenvalue weighted by Gasteiger charge is 2.18. The predicted octanol–water partition coefficient (Wildman–Crippen LogP) is 18.2. The van der Waals surface area contributed by atoms with Crippen molar-refractivity contribution >= 4 is 64.9 Å². The molecule has 0 amide bonds. The summed E-state index contributed by atoms with van der Waals surface area (Å²) in [6.45, 7) is 0. The second-order valence-corrected chi connectivity index (χ2v) is 18.5. The first-order chi connectivity index (χ1) is 35.2. The highest BCUT2D eigenvalue weighted by atomic mass is 15.0. The largest absolute Gasteiger partial charge is 0.309 e. The van der Waals surface area contributed by atoms with Crippen LogP contribution in [0.4, 0.5) is 0 Å². The number of benzene rings is 12. The van der Waals surface area contributed by atoms with Crippen LogP contribution < -0.4 is 0 Å². The summed E-state index contributed by atoms with van der Waals surface area (Å²) in [6, 6.07) is 94.4. The minimum Gasteiger partial charge on any atom is -0.309 e. The Balaban J connectivity index is 0.906. The van der Waals surface area contributed by atoms with Crippen LogP contribution in [0.5, 0.6) is 0 Å².